The van der Waals surface area contributed by atoms with Crippen molar-refractivity contribution in [2.45, 2.75) is 78.2 Å². The molecule has 0 saturated carbocycles. The Morgan fingerprint density at radius 2 is 1.78 bits per heavy atom. The zero-order chi connectivity index (χ0) is 22.9. The van der Waals surface area contributed by atoms with Gasteiger partial charge in [-0.1, -0.05) is 70.2 Å². The molecule has 0 radical (unpaired) electrons. The fourth-order valence-corrected chi connectivity index (χ4v) is 4.48. The zero-order valence-corrected chi connectivity index (χ0v) is 20.2. The Bertz CT molecular complexity index is 1080. The monoisotopic (exact) mass is 432 g/mol. The molecule has 0 aliphatic carbocycles. The van der Waals surface area contributed by atoms with Crippen LogP contribution < -0.4 is 0 Å². The normalized spacial score (nSPS) is 15.5. The van der Waals surface area contributed by atoms with Crippen molar-refractivity contribution in [3.63, 3.8) is 0 Å². The van der Waals surface area contributed by atoms with Crippen LogP contribution in [0.4, 0.5) is 0 Å². The van der Waals surface area contributed by atoms with Gasteiger partial charge < -0.3 is 4.90 Å². The van der Waals surface area contributed by atoms with Crippen molar-refractivity contribution in [3.05, 3.63) is 59.2 Å². The second kappa shape index (κ2) is 9.00. The maximum Gasteiger partial charge on any atom is 0.182 e. The van der Waals surface area contributed by atoms with Crippen molar-refractivity contribution in [1.82, 2.24) is 29.9 Å². The molecule has 0 unspecified atom stereocenters. The van der Waals surface area contributed by atoms with E-state index in [2.05, 4.69) is 73.8 Å². The Morgan fingerprint density at radius 1 is 1.09 bits per heavy atom. The topological polar surface area (TPSA) is 59.7 Å². The number of hydrogen-bond donors (Lipinski definition) is 0. The second-order valence-electron chi connectivity index (χ2n) is 10.1. The fraction of sp³-hybridized carbons (Fsp3) is 0.538. The van der Waals surface area contributed by atoms with Crippen molar-refractivity contribution < 1.29 is 0 Å². The third-order valence-corrected chi connectivity index (χ3v) is 6.55. The van der Waals surface area contributed by atoms with Gasteiger partial charge in [0.2, 0.25) is 0 Å². The van der Waals surface area contributed by atoms with E-state index in [4.69, 9.17) is 9.97 Å². The van der Waals surface area contributed by atoms with Gasteiger partial charge in [-0.3, -0.25) is 0 Å². The third kappa shape index (κ3) is 4.69. The van der Waals surface area contributed by atoms with Crippen molar-refractivity contribution in [3.8, 4) is 0 Å². The second-order valence-corrected chi connectivity index (χ2v) is 10.1. The van der Waals surface area contributed by atoms with Gasteiger partial charge in [0.05, 0.1) is 12.2 Å². The van der Waals surface area contributed by atoms with Gasteiger partial charge in [-0.25, -0.2) is 14.6 Å². The molecule has 170 valence electrons. The van der Waals surface area contributed by atoms with E-state index in [9.17, 15) is 0 Å². The minimum Gasteiger partial charge on any atom is -0.375 e. The van der Waals surface area contributed by atoms with Gasteiger partial charge >= 0.3 is 0 Å². The lowest BCUT2D eigenvalue weighted by Crippen LogP contribution is -2.32. The molecule has 32 heavy (non-hydrogen) atoms. The minimum absolute atomic E-state index is 0.149. The molecular formula is C26H36N6. The Hall–Kier alpha value is -2.76. The number of allylic oxidation sites excluding steroid dienone is 1. The van der Waals surface area contributed by atoms with Crippen molar-refractivity contribution >= 4 is 11.2 Å². The van der Waals surface area contributed by atoms with Gasteiger partial charge in [0.25, 0.3) is 0 Å². The highest BCUT2D eigenvalue weighted by molar-refractivity contribution is 5.72. The number of hydrogen-bond acceptors (Lipinski definition) is 5. The van der Waals surface area contributed by atoms with Crippen molar-refractivity contribution in [2.75, 3.05) is 13.1 Å². The minimum atomic E-state index is 0.149. The number of fused-ring (bicyclic) bond motifs is 1. The molecule has 0 atom stereocenters. The summed E-state index contributed by atoms with van der Waals surface area (Å²) < 4.78 is 1.91. The van der Waals surface area contributed by atoms with E-state index in [-0.39, 0.29) is 5.41 Å². The summed E-state index contributed by atoms with van der Waals surface area (Å²) in [4.78, 5) is 12.2. The van der Waals surface area contributed by atoms with Gasteiger partial charge in [0.15, 0.2) is 11.2 Å². The molecule has 6 nitrogen and oxygen atoms in total. The Balaban J connectivity index is 1.54. The number of likely N-dealkylation sites (tertiary alicyclic amines) is 1. The first-order valence-electron chi connectivity index (χ1n) is 11.9. The van der Waals surface area contributed by atoms with E-state index in [0.717, 1.165) is 61.5 Å². The van der Waals surface area contributed by atoms with Gasteiger partial charge in [-0.15, -0.1) is 5.10 Å². The van der Waals surface area contributed by atoms with Gasteiger partial charge in [-0.05, 0) is 42.7 Å². The number of aryl methyl sites for hydroxylation is 1. The van der Waals surface area contributed by atoms with E-state index in [1.165, 1.54) is 16.8 Å². The first-order chi connectivity index (χ1) is 15.3. The van der Waals surface area contributed by atoms with E-state index in [1.807, 2.05) is 11.6 Å². The summed E-state index contributed by atoms with van der Waals surface area (Å²) in [5.41, 5.74) is 6.49. The molecule has 1 saturated heterocycles. The first kappa shape index (κ1) is 22.4. The maximum absolute atomic E-state index is 4.96. The van der Waals surface area contributed by atoms with Gasteiger partial charge in [0.1, 0.15) is 5.82 Å². The Morgan fingerprint density at radius 3 is 2.41 bits per heavy atom. The summed E-state index contributed by atoms with van der Waals surface area (Å²) >= 11 is 0. The summed E-state index contributed by atoms with van der Waals surface area (Å²) in [5.74, 6) is 1.31. The number of aromatic nitrogens is 5. The predicted octanol–water partition coefficient (Wildman–Crippen LogP) is 5.37. The molecule has 1 aliphatic rings. The number of piperidine rings is 1. The average molecular weight is 433 g/mol. The van der Waals surface area contributed by atoms with Crippen LogP contribution in [0.1, 0.15) is 81.9 Å². The lowest BCUT2D eigenvalue weighted by atomic mass is 9.87. The lowest BCUT2D eigenvalue weighted by Gasteiger charge is -2.34. The molecule has 0 bridgehead atoms. The van der Waals surface area contributed by atoms with Crippen LogP contribution in [0.5, 0.6) is 0 Å². The molecular weight excluding hydrogens is 396 g/mol. The SMILES string of the molecule is C=C(CCC)N1CCC(c2nc(C)c3nnn(Cc4ccc(C(C)(C)C)cc4)c3n2)CC1. The van der Waals surface area contributed by atoms with Gasteiger partial charge in [-0.2, -0.15) is 0 Å². The lowest BCUT2D eigenvalue weighted by molar-refractivity contribution is 0.252. The largest absolute Gasteiger partial charge is 0.375 e. The molecule has 6 heteroatoms. The van der Waals surface area contributed by atoms with Crippen molar-refractivity contribution in [2.24, 2.45) is 0 Å². The van der Waals surface area contributed by atoms with Crippen LogP contribution in [0.15, 0.2) is 36.5 Å². The predicted molar refractivity (Wildman–Crippen MR) is 130 cm³/mol. The van der Waals surface area contributed by atoms with Crippen LogP contribution in [0.3, 0.4) is 0 Å². The molecule has 0 amide bonds. The van der Waals surface area contributed by atoms with Crippen LogP contribution in [-0.2, 0) is 12.0 Å². The first-order valence-corrected chi connectivity index (χ1v) is 11.9. The average Bonchev–Trinajstić information content (AvgIpc) is 3.17. The maximum atomic E-state index is 4.96. The van der Waals surface area contributed by atoms with Crippen molar-refractivity contribution in [1.29, 1.82) is 0 Å². The summed E-state index contributed by atoms with van der Waals surface area (Å²) in [6.07, 6.45) is 4.34. The molecule has 3 aromatic rings. The van der Waals surface area contributed by atoms with E-state index < -0.39 is 0 Å². The molecule has 4 rings (SSSR count). The molecule has 1 fully saturated rings. The summed E-state index contributed by atoms with van der Waals surface area (Å²) in [5, 5.41) is 8.79. The summed E-state index contributed by atoms with van der Waals surface area (Å²) in [6.45, 7) is 17.9. The van der Waals surface area contributed by atoms with E-state index >= 15 is 0 Å². The number of rotatable bonds is 6. The highest BCUT2D eigenvalue weighted by atomic mass is 15.4. The molecule has 1 aromatic carbocycles. The molecule has 2 aromatic heterocycles. The molecule has 0 spiro atoms. The van der Waals surface area contributed by atoms with E-state index in [0.29, 0.717) is 12.5 Å². The Kier molecular flexibility index (Phi) is 6.31. The van der Waals surface area contributed by atoms with Gasteiger partial charge in [0, 0.05) is 24.7 Å². The zero-order valence-electron chi connectivity index (χ0n) is 20.2. The van der Waals surface area contributed by atoms with Crippen LogP contribution in [0.2, 0.25) is 0 Å². The van der Waals surface area contributed by atoms with Crippen LogP contribution >= 0.6 is 0 Å². The van der Waals surface area contributed by atoms with Crippen LogP contribution in [-0.4, -0.2) is 43.0 Å². The van der Waals surface area contributed by atoms with Crippen LogP contribution in [0, 0.1) is 6.92 Å². The number of nitrogens with zero attached hydrogens (tertiary/aromatic N) is 6. The van der Waals surface area contributed by atoms with Crippen LogP contribution in [0.25, 0.3) is 11.2 Å². The summed E-state index contributed by atoms with van der Waals surface area (Å²) in [6, 6.07) is 8.78. The molecule has 3 heterocycles. The highest BCUT2D eigenvalue weighted by Crippen LogP contribution is 2.29. The third-order valence-electron chi connectivity index (χ3n) is 6.55. The fourth-order valence-electron chi connectivity index (χ4n) is 4.48. The molecule has 0 N–H and O–H groups in total. The number of benzene rings is 1. The standard InChI is InChI=1S/C26H36N6/c1-7-8-18(2)31-15-13-21(14-16-31)24-27-19(3)23-25(28-24)32(30-29-23)17-20-9-11-22(12-10-20)26(4,5)6/h9-12,21H,2,7-8,13-17H2,1,3-6H3. The quantitative estimate of drug-likeness (QED) is 0.524. The Labute approximate surface area is 191 Å². The van der Waals surface area contributed by atoms with E-state index in [1.54, 1.807) is 0 Å². The summed E-state index contributed by atoms with van der Waals surface area (Å²) in [7, 11) is 0. The highest BCUT2D eigenvalue weighted by Gasteiger charge is 2.25. The molecule has 1 aliphatic heterocycles. The smallest absolute Gasteiger partial charge is 0.182 e.